The lowest BCUT2D eigenvalue weighted by Crippen LogP contribution is -2.39. The average Bonchev–Trinajstić information content (AvgIpc) is 3.23. The largest absolute Gasteiger partial charge is 0.469 e. The molecular weight excluding hydrogens is 338 g/mol. The van der Waals surface area contributed by atoms with Crippen LogP contribution in [0.25, 0.3) is 0 Å². The van der Waals surface area contributed by atoms with Gasteiger partial charge in [-0.3, -0.25) is 4.79 Å². The Balaban J connectivity index is 1.40. The van der Waals surface area contributed by atoms with E-state index in [-0.39, 0.29) is 29.3 Å². The van der Waals surface area contributed by atoms with Crippen LogP contribution in [0.15, 0.2) is 46.1 Å². The monoisotopic (exact) mass is 369 g/mol. The SMILES string of the molecule is CC1=CCCC2(C)CC3OC(=O)C(CNC(C)CCc4ccco4)C3C=C12. The topological polar surface area (TPSA) is 51.5 Å². The lowest BCUT2D eigenvalue weighted by atomic mass is 9.62. The first-order valence-electron chi connectivity index (χ1n) is 10.3. The molecule has 0 radical (unpaired) electrons. The highest BCUT2D eigenvalue weighted by Gasteiger charge is 2.50. The zero-order valence-corrected chi connectivity index (χ0v) is 16.7. The summed E-state index contributed by atoms with van der Waals surface area (Å²) in [6.07, 6.45) is 11.6. The Hall–Kier alpha value is -1.81. The van der Waals surface area contributed by atoms with Crippen LogP contribution >= 0.6 is 0 Å². The summed E-state index contributed by atoms with van der Waals surface area (Å²) >= 11 is 0. The second kappa shape index (κ2) is 7.31. The second-order valence-electron chi connectivity index (χ2n) is 8.86. The number of rotatable bonds is 6. The molecule has 4 nitrogen and oxygen atoms in total. The van der Waals surface area contributed by atoms with Crippen molar-refractivity contribution >= 4 is 5.97 Å². The number of aryl methyl sites for hydroxylation is 1. The van der Waals surface area contributed by atoms with Crippen LogP contribution in [0, 0.1) is 17.3 Å². The van der Waals surface area contributed by atoms with Gasteiger partial charge in [-0.05, 0) is 62.7 Å². The lowest BCUT2D eigenvalue weighted by molar-refractivity contribution is -0.145. The van der Waals surface area contributed by atoms with Crippen LogP contribution in [0.1, 0.15) is 52.2 Å². The van der Waals surface area contributed by atoms with Gasteiger partial charge in [0.25, 0.3) is 0 Å². The molecule has 0 amide bonds. The van der Waals surface area contributed by atoms with Crippen molar-refractivity contribution in [2.24, 2.45) is 17.3 Å². The van der Waals surface area contributed by atoms with Gasteiger partial charge >= 0.3 is 5.97 Å². The Morgan fingerprint density at radius 3 is 3.04 bits per heavy atom. The van der Waals surface area contributed by atoms with Crippen molar-refractivity contribution in [1.29, 1.82) is 0 Å². The van der Waals surface area contributed by atoms with Crippen LogP contribution in [0.5, 0.6) is 0 Å². The number of esters is 1. The molecule has 146 valence electrons. The van der Waals surface area contributed by atoms with Gasteiger partial charge in [0.05, 0.1) is 12.2 Å². The minimum Gasteiger partial charge on any atom is -0.469 e. The summed E-state index contributed by atoms with van der Waals surface area (Å²) in [6.45, 7) is 7.40. The molecule has 0 bridgehead atoms. The number of hydrogen-bond acceptors (Lipinski definition) is 4. The van der Waals surface area contributed by atoms with Crippen molar-refractivity contribution in [3.8, 4) is 0 Å². The van der Waals surface area contributed by atoms with Gasteiger partial charge in [-0.25, -0.2) is 0 Å². The van der Waals surface area contributed by atoms with Crippen LogP contribution in [-0.2, 0) is 16.0 Å². The Morgan fingerprint density at radius 2 is 2.26 bits per heavy atom. The predicted octanol–water partition coefficient (Wildman–Crippen LogP) is 4.42. The summed E-state index contributed by atoms with van der Waals surface area (Å²) in [5.74, 6) is 1.11. The quantitative estimate of drug-likeness (QED) is 0.754. The second-order valence-corrected chi connectivity index (χ2v) is 8.86. The maximum atomic E-state index is 12.6. The smallest absolute Gasteiger partial charge is 0.311 e. The molecule has 1 fully saturated rings. The van der Waals surface area contributed by atoms with Crippen LogP contribution < -0.4 is 5.32 Å². The molecule has 0 aromatic carbocycles. The van der Waals surface area contributed by atoms with E-state index in [0.717, 1.165) is 37.9 Å². The molecular formula is C23H31NO3. The normalized spacial score (nSPS) is 33.6. The van der Waals surface area contributed by atoms with Gasteiger partial charge in [0.1, 0.15) is 11.9 Å². The third-order valence-corrected chi connectivity index (χ3v) is 6.79. The molecule has 4 heteroatoms. The van der Waals surface area contributed by atoms with E-state index in [4.69, 9.17) is 9.15 Å². The Labute approximate surface area is 162 Å². The van der Waals surface area contributed by atoms with E-state index in [2.05, 4.69) is 38.2 Å². The predicted molar refractivity (Wildman–Crippen MR) is 105 cm³/mol. The van der Waals surface area contributed by atoms with Crippen molar-refractivity contribution < 1.29 is 13.9 Å². The van der Waals surface area contributed by atoms with Crippen LogP contribution in [0.3, 0.4) is 0 Å². The zero-order chi connectivity index (χ0) is 19.0. The van der Waals surface area contributed by atoms with Crippen LogP contribution in [0.2, 0.25) is 0 Å². The number of carbonyl (C=O) groups is 1. The fourth-order valence-corrected chi connectivity index (χ4v) is 5.10. The first-order valence-corrected chi connectivity index (χ1v) is 10.3. The van der Waals surface area contributed by atoms with Gasteiger partial charge in [-0.15, -0.1) is 0 Å². The van der Waals surface area contributed by atoms with Crippen molar-refractivity contribution in [3.63, 3.8) is 0 Å². The van der Waals surface area contributed by atoms with Crippen molar-refractivity contribution in [2.45, 2.75) is 65.0 Å². The molecule has 0 spiro atoms. The standard InChI is InChI=1S/C23H31NO3/c1-15-6-4-10-23(3)13-21-18(12-20(15)23)19(22(25)27-21)14-24-16(2)8-9-17-7-5-11-26-17/h5-7,11-12,16,18-19,21,24H,4,8-10,13-14H2,1-3H3. The van der Waals surface area contributed by atoms with Gasteiger partial charge in [-0.1, -0.05) is 24.6 Å². The minimum atomic E-state index is -0.0761. The number of hydrogen-bond donors (Lipinski definition) is 1. The van der Waals surface area contributed by atoms with Crippen molar-refractivity contribution in [2.75, 3.05) is 6.54 Å². The average molecular weight is 370 g/mol. The number of furan rings is 1. The number of allylic oxidation sites excluding steroid dienone is 3. The molecule has 4 rings (SSSR count). The maximum absolute atomic E-state index is 12.6. The summed E-state index contributed by atoms with van der Waals surface area (Å²) in [5.41, 5.74) is 3.00. The summed E-state index contributed by atoms with van der Waals surface area (Å²) in [7, 11) is 0. The Morgan fingerprint density at radius 1 is 1.41 bits per heavy atom. The first-order chi connectivity index (χ1) is 13.0. The molecule has 3 aliphatic rings. The van der Waals surface area contributed by atoms with Crippen LogP contribution in [-0.4, -0.2) is 24.7 Å². The number of ether oxygens (including phenoxy) is 1. The molecule has 5 atom stereocenters. The van der Waals surface area contributed by atoms with Gasteiger partial charge in [0.2, 0.25) is 0 Å². The van der Waals surface area contributed by atoms with E-state index in [1.54, 1.807) is 6.26 Å². The molecule has 1 N–H and O–H groups in total. The van der Waals surface area contributed by atoms with E-state index in [1.807, 2.05) is 12.1 Å². The van der Waals surface area contributed by atoms with Gasteiger partial charge in [0, 0.05) is 24.9 Å². The van der Waals surface area contributed by atoms with Gasteiger partial charge in [-0.2, -0.15) is 0 Å². The highest BCUT2D eigenvalue weighted by Crippen LogP contribution is 2.52. The summed E-state index contributed by atoms with van der Waals surface area (Å²) in [5, 5.41) is 3.56. The fourth-order valence-electron chi connectivity index (χ4n) is 5.10. The van der Waals surface area contributed by atoms with Crippen molar-refractivity contribution in [3.05, 3.63) is 47.5 Å². The minimum absolute atomic E-state index is 0.0311. The molecule has 1 saturated heterocycles. The molecule has 0 saturated carbocycles. The molecule has 1 aliphatic heterocycles. The number of carbonyl (C=O) groups excluding carboxylic acids is 1. The number of fused-ring (bicyclic) bond motifs is 2. The molecule has 1 aromatic heterocycles. The van der Waals surface area contributed by atoms with Gasteiger partial charge < -0.3 is 14.5 Å². The van der Waals surface area contributed by atoms with E-state index in [9.17, 15) is 4.79 Å². The van der Waals surface area contributed by atoms with E-state index >= 15 is 0 Å². The maximum Gasteiger partial charge on any atom is 0.311 e. The highest BCUT2D eigenvalue weighted by molar-refractivity contribution is 5.76. The van der Waals surface area contributed by atoms with E-state index in [0.29, 0.717) is 12.6 Å². The summed E-state index contributed by atoms with van der Waals surface area (Å²) < 4.78 is 11.2. The summed E-state index contributed by atoms with van der Waals surface area (Å²) in [6, 6.07) is 4.27. The molecule has 2 aliphatic carbocycles. The van der Waals surface area contributed by atoms with Gasteiger partial charge in [0.15, 0.2) is 0 Å². The third-order valence-electron chi connectivity index (χ3n) is 6.79. The summed E-state index contributed by atoms with van der Waals surface area (Å²) in [4.78, 5) is 12.6. The lowest BCUT2D eigenvalue weighted by Gasteiger charge is -2.42. The highest BCUT2D eigenvalue weighted by atomic mass is 16.6. The molecule has 2 heterocycles. The Bertz CT molecular complexity index is 748. The first kappa shape index (κ1) is 18.5. The molecule has 5 unspecified atom stereocenters. The van der Waals surface area contributed by atoms with Crippen molar-refractivity contribution in [1.82, 2.24) is 5.32 Å². The van der Waals surface area contributed by atoms with E-state index < -0.39 is 0 Å². The Kier molecular flexibility index (Phi) is 5.02. The van der Waals surface area contributed by atoms with E-state index in [1.165, 1.54) is 11.1 Å². The zero-order valence-electron chi connectivity index (χ0n) is 16.7. The molecule has 1 aromatic rings. The number of nitrogens with one attached hydrogen (secondary N) is 1. The fraction of sp³-hybridized carbons (Fsp3) is 0.609. The molecule has 27 heavy (non-hydrogen) atoms. The van der Waals surface area contributed by atoms with Crippen LogP contribution in [0.4, 0.5) is 0 Å². The third kappa shape index (κ3) is 3.64.